The van der Waals surface area contributed by atoms with E-state index < -0.39 is 0 Å². The zero-order valence-corrected chi connectivity index (χ0v) is 17.4. The van der Waals surface area contributed by atoms with Gasteiger partial charge in [-0.05, 0) is 35.7 Å². The standard InChI is InChI=1S/C24H30N4O/c1-3-27-12-14-28(15-13-27)23-11-7-5-9-20(23)17-25-18-21-16-19-8-4-6-10-22(19)26(2)24(21)29/h4-11,16,25H,3,12-15,17-18H2,1-2H3. The highest BCUT2D eigenvalue weighted by Gasteiger charge is 2.17. The fourth-order valence-electron chi connectivity index (χ4n) is 4.22. The summed E-state index contributed by atoms with van der Waals surface area (Å²) in [7, 11) is 1.85. The van der Waals surface area contributed by atoms with Gasteiger partial charge in [0.15, 0.2) is 0 Å². The van der Waals surface area contributed by atoms with Crippen LogP contribution in [-0.4, -0.2) is 42.2 Å². The molecular weight excluding hydrogens is 360 g/mol. The van der Waals surface area contributed by atoms with Crippen LogP contribution in [0.3, 0.4) is 0 Å². The Kier molecular flexibility index (Phi) is 5.97. The minimum atomic E-state index is 0.0696. The van der Waals surface area contributed by atoms with Gasteiger partial charge in [-0.2, -0.15) is 0 Å². The number of nitrogens with zero attached hydrogens (tertiary/aromatic N) is 3. The minimum Gasteiger partial charge on any atom is -0.369 e. The number of rotatable bonds is 6. The van der Waals surface area contributed by atoms with Crippen LogP contribution in [0.5, 0.6) is 0 Å². The fourth-order valence-corrected chi connectivity index (χ4v) is 4.22. The molecule has 0 saturated carbocycles. The van der Waals surface area contributed by atoms with Crippen molar-refractivity contribution in [3.05, 3.63) is 76.1 Å². The van der Waals surface area contributed by atoms with Gasteiger partial charge in [-0.1, -0.05) is 43.3 Å². The molecule has 1 aromatic heterocycles. The maximum atomic E-state index is 12.7. The van der Waals surface area contributed by atoms with Crippen LogP contribution in [0.25, 0.3) is 10.9 Å². The molecule has 5 heteroatoms. The molecule has 0 atom stereocenters. The second kappa shape index (κ2) is 8.80. The van der Waals surface area contributed by atoms with Crippen molar-refractivity contribution in [2.75, 3.05) is 37.6 Å². The van der Waals surface area contributed by atoms with E-state index in [1.807, 2.05) is 31.3 Å². The van der Waals surface area contributed by atoms with E-state index in [-0.39, 0.29) is 5.56 Å². The Labute approximate surface area is 172 Å². The molecular formula is C24H30N4O. The van der Waals surface area contributed by atoms with Gasteiger partial charge >= 0.3 is 0 Å². The number of benzene rings is 2. The van der Waals surface area contributed by atoms with E-state index in [4.69, 9.17) is 0 Å². The van der Waals surface area contributed by atoms with E-state index >= 15 is 0 Å². The van der Waals surface area contributed by atoms with Gasteiger partial charge < -0.3 is 19.7 Å². The molecule has 2 heterocycles. The van der Waals surface area contributed by atoms with Crippen LogP contribution in [-0.2, 0) is 20.1 Å². The normalized spacial score (nSPS) is 15.2. The summed E-state index contributed by atoms with van der Waals surface area (Å²) in [6.07, 6.45) is 0. The largest absolute Gasteiger partial charge is 0.369 e. The van der Waals surface area contributed by atoms with Crippen LogP contribution < -0.4 is 15.8 Å². The molecule has 0 amide bonds. The molecule has 4 rings (SSSR count). The average Bonchev–Trinajstić information content (AvgIpc) is 2.77. The SMILES string of the molecule is CCN1CCN(c2ccccc2CNCc2cc3ccccc3n(C)c2=O)CC1. The summed E-state index contributed by atoms with van der Waals surface area (Å²) >= 11 is 0. The molecule has 1 aliphatic heterocycles. The first-order valence-corrected chi connectivity index (χ1v) is 10.5. The van der Waals surface area contributed by atoms with Gasteiger partial charge in [-0.25, -0.2) is 0 Å². The van der Waals surface area contributed by atoms with E-state index in [0.717, 1.165) is 55.7 Å². The number of anilines is 1. The minimum absolute atomic E-state index is 0.0696. The summed E-state index contributed by atoms with van der Waals surface area (Å²) in [5.74, 6) is 0. The monoisotopic (exact) mass is 390 g/mol. The van der Waals surface area contributed by atoms with Crippen molar-refractivity contribution in [2.24, 2.45) is 7.05 Å². The lowest BCUT2D eigenvalue weighted by Crippen LogP contribution is -2.46. The van der Waals surface area contributed by atoms with Gasteiger partial charge in [0.2, 0.25) is 0 Å². The lowest BCUT2D eigenvalue weighted by atomic mass is 10.1. The number of pyridine rings is 1. The Balaban J connectivity index is 1.46. The summed E-state index contributed by atoms with van der Waals surface area (Å²) in [6, 6.07) is 18.7. The summed E-state index contributed by atoms with van der Waals surface area (Å²) in [5.41, 5.74) is 4.44. The molecule has 5 nitrogen and oxygen atoms in total. The summed E-state index contributed by atoms with van der Waals surface area (Å²) in [4.78, 5) is 17.7. The topological polar surface area (TPSA) is 40.5 Å². The Morgan fingerprint density at radius 3 is 2.38 bits per heavy atom. The number of aromatic nitrogens is 1. The molecule has 0 spiro atoms. The summed E-state index contributed by atoms with van der Waals surface area (Å²) < 4.78 is 1.74. The molecule has 29 heavy (non-hydrogen) atoms. The van der Waals surface area contributed by atoms with E-state index in [2.05, 4.69) is 52.4 Å². The molecule has 0 unspecified atom stereocenters. The molecule has 0 bridgehead atoms. The number of nitrogens with one attached hydrogen (secondary N) is 1. The van der Waals surface area contributed by atoms with Crippen molar-refractivity contribution < 1.29 is 0 Å². The maximum Gasteiger partial charge on any atom is 0.255 e. The van der Waals surface area contributed by atoms with Crippen LogP contribution >= 0.6 is 0 Å². The third kappa shape index (κ3) is 4.21. The van der Waals surface area contributed by atoms with Crippen LogP contribution in [0.4, 0.5) is 5.69 Å². The van der Waals surface area contributed by atoms with Gasteiger partial charge in [-0.15, -0.1) is 0 Å². The van der Waals surface area contributed by atoms with Gasteiger partial charge in [0, 0.05) is 57.6 Å². The number of hydrogen-bond donors (Lipinski definition) is 1. The van der Waals surface area contributed by atoms with Crippen molar-refractivity contribution in [3.63, 3.8) is 0 Å². The highest BCUT2D eigenvalue weighted by Crippen LogP contribution is 2.22. The lowest BCUT2D eigenvalue weighted by molar-refractivity contribution is 0.271. The Morgan fingerprint density at radius 2 is 1.59 bits per heavy atom. The first-order chi connectivity index (χ1) is 14.2. The van der Waals surface area contributed by atoms with E-state index in [1.54, 1.807) is 4.57 Å². The predicted octanol–water partition coefficient (Wildman–Crippen LogP) is 2.97. The second-order valence-corrected chi connectivity index (χ2v) is 7.75. The summed E-state index contributed by atoms with van der Waals surface area (Å²) in [5, 5.41) is 4.60. The number of aryl methyl sites for hydroxylation is 1. The number of piperazine rings is 1. The maximum absolute atomic E-state index is 12.7. The molecule has 152 valence electrons. The molecule has 0 aliphatic carbocycles. The van der Waals surface area contributed by atoms with E-state index in [1.165, 1.54) is 11.3 Å². The molecule has 2 aromatic carbocycles. The first-order valence-electron chi connectivity index (χ1n) is 10.5. The number of likely N-dealkylation sites (N-methyl/N-ethyl adjacent to an activating group) is 1. The van der Waals surface area contributed by atoms with Crippen LogP contribution in [0.15, 0.2) is 59.4 Å². The summed E-state index contributed by atoms with van der Waals surface area (Å²) in [6.45, 7) is 9.03. The van der Waals surface area contributed by atoms with Crippen LogP contribution in [0, 0.1) is 0 Å². The van der Waals surface area contributed by atoms with Crippen molar-refractivity contribution in [1.29, 1.82) is 0 Å². The van der Waals surface area contributed by atoms with Crippen molar-refractivity contribution in [2.45, 2.75) is 20.0 Å². The first kappa shape index (κ1) is 19.7. The van der Waals surface area contributed by atoms with Crippen LogP contribution in [0.2, 0.25) is 0 Å². The molecule has 1 N–H and O–H groups in total. The Bertz CT molecular complexity index is 1030. The van der Waals surface area contributed by atoms with Gasteiger partial charge in [0.1, 0.15) is 0 Å². The lowest BCUT2D eigenvalue weighted by Gasteiger charge is -2.36. The van der Waals surface area contributed by atoms with Crippen molar-refractivity contribution in [1.82, 2.24) is 14.8 Å². The molecule has 1 fully saturated rings. The smallest absolute Gasteiger partial charge is 0.255 e. The molecule has 1 saturated heterocycles. The van der Waals surface area contributed by atoms with Gasteiger partial charge in [0.25, 0.3) is 5.56 Å². The third-order valence-electron chi connectivity index (χ3n) is 5.99. The van der Waals surface area contributed by atoms with E-state index in [9.17, 15) is 4.79 Å². The Morgan fingerprint density at radius 1 is 0.897 bits per heavy atom. The molecule has 0 radical (unpaired) electrons. The van der Waals surface area contributed by atoms with Gasteiger partial charge in [-0.3, -0.25) is 4.79 Å². The van der Waals surface area contributed by atoms with Gasteiger partial charge in [0.05, 0.1) is 5.52 Å². The average molecular weight is 391 g/mol. The highest BCUT2D eigenvalue weighted by atomic mass is 16.1. The number of hydrogen-bond acceptors (Lipinski definition) is 4. The van der Waals surface area contributed by atoms with Crippen LogP contribution in [0.1, 0.15) is 18.1 Å². The number of para-hydroxylation sites is 2. The fraction of sp³-hybridized carbons (Fsp3) is 0.375. The predicted molar refractivity (Wildman–Crippen MR) is 121 cm³/mol. The quantitative estimate of drug-likeness (QED) is 0.703. The van der Waals surface area contributed by atoms with Crippen molar-refractivity contribution >= 4 is 16.6 Å². The molecule has 1 aliphatic rings. The zero-order chi connectivity index (χ0) is 20.2. The highest BCUT2D eigenvalue weighted by molar-refractivity contribution is 5.79. The zero-order valence-electron chi connectivity index (χ0n) is 17.4. The van der Waals surface area contributed by atoms with Crippen molar-refractivity contribution in [3.8, 4) is 0 Å². The Hall–Kier alpha value is -2.63. The third-order valence-corrected chi connectivity index (χ3v) is 5.99. The second-order valence-electron chi connectivity index (χ2n) is 7.75. The number of fused-ring (bicyclic) bond motifs is 1. The van der Waals surface area contributed by atoms with E-state index in [0.29, 0.717) is 6.54 Å². The molecule has 3 aromatic rings.